The van der Waals surface area contributed by atoms with E-state index < -0.39 is 32.6 Å². The number of carboxylic acids is 1. The number of nitrogens with one attached hydrogen (secondary N) is 1. The Morgan fingerprint density at radius 1 is 1.10 bits per heavy atom. The van der Waals surface area contributed by atoms with Gasteiger partial charge in [0, 0.05) is 6.26 Å². The molecule has 0 radical (unpaired) electrons. The van der Waals surface area contributed by atoms with Gasteiger partial charge in [0.05, 0.1) is 18.2 Å². The van der Waals surface area contributed by atoms with Gasteiger partial charge < -0.3 is 15.2 Å². The highest BCUT2D eigenvalue weighted by Gasteiger charge is 2.25. The van der Waals surface area contributed by atoms with Gasteiger partial charge in [-0.3, -0.25) is 4.79 Å². The third-order valence-electron chi connectivity index (χ3n) is 4.70. The topological polar surface area (TPSA) is 110 Å². The summed E-state index contributed by atoms with van der Waals surface area (Å²) in [6.07, 6.45) is 0.0950. The molecule has 0 spiro atoms. The second-order valence-electron chi connectivity index (χ2n) is 7.67. The standard InChI is InChI=1S/C22H26FNO6S/c1-13(2)20(30-12-15-5-10-18(23)19(11-15)31(4,28)29)21(25)24-14(3)16-6-8-17(9-7-16)22(26)27/h5-11,13-14,20H,12H2,1-4H3,(H,24,25)(H,26,27)/t14-,20+/m0/s1. The van der Waals surface area contributed by atoms with Crippen LogP contribution < -0.4 is 5.32 Å². The average Bonchev–Trinajstić information content (AvgIpc) is 2.68. The van der Waals surface area contributed by atoms with Crippen LogP contribution in [-0.2, 0) is 26.0 Å². The lowest BCUT2D eigenvalue weighted by Crippen LogP contribution is -2.40. The first-order chi connectivity index (χ1) is 14.4. The number of hydrogen-bond donors (Lipinski definition) is 2. The Kier molecular flexibility index (Phi) is 7.91. The van der Waals surface area contributed by atoms with Gasteiger partial charge in [-0.2, -0.15) is 0 Å². The molecular weight excluding hydrogens is 425 g/mol. The van der Waals surface area contributed by atoms with E-state index in [-0.39, 0.29) is 30.0 Å². The van der Waals surface area contributed by atoms with Crippen LogP contribution in [0.3, 0.4) is 0 Å². The Labute approximate surface area is 181 Å². The molecule has 2 aromatic carbocycles. The number of hydrogen-bond acceptors (Lipinski definition) is 5. The molecule has 0 unspecified atom stereocenters. The summed E-state index contributed by atoms with van der Waals surface area (Å²) in [5.74, 6) is -2.42. The van der Waals surface area contributed by atoms with E-state index in [4.69, 9.17) is 9.84 Å². The first kappa shape index (κ1) is 24.5. The van der Waals surface area contributed by atoms with E-state index in [2.05, 4.69) is 5.32 Å². The Bertz CT molecular complexity index is 1050. The summed E-state index contributed by atoms with van der Waals surface area (Å²) in [4.78, 5) is 23.3. The van der Waals surface area contributed by atoms with Crippen LogP contribution in [0.4, 0.5) is 4.39 Å². The van der Waals surface area contributed by atoms with E-state index in [9.17, 15) is 22.4 Å². The summed E-state index contributed by atoms with van der Waals surface area (Å²) in [5.41, 5.74) is 1.31. The van der Waals surface area contributed by atoms with Gasteiger partial charge in [0.15, 0.2) is 9.84 Å². The van der Waals surface area contributed by atoms with Crippen molar-refractivity contribution in [3.8, 4) is 0 Å². The molecular formula is C22H26FNO6S. The van der Waals surface area contributed by atoms with Crippen LogP contribution >= 0.6 is 0 Å². The Balaban J connectivity index is 2.08. The Hall–Kier alpha value is -2.78. The van der Waals surface area contributed by atoms with Gasteiger partial charge in [-0.15, -0.1) is 0 Å². The molecule has 0 aromatic heterocycles. The quantitative estimate of drug-likeness (QED) is 0.605. The number of carbonyl (C=O) groups is 2. The molecule has 2 rings (SSSR count). The Morgan fingerprint density at radius 3 is 2.23 bits per heavy atom. The molecule has 2 aromatic rings. The minimum Gasteiger partial charge on any atom is -0.478 e. The number of carboxylic acid groups (broad SMARTS) is 1. The fraction of sp³-hybridized carbons (Fsp3) is 0.364. The van der Waals surface area contributed by atoms with Crippen molar-refractivity contribution in [1.82, 2.24) is 5.32 Å². The van der Waals surface area contributed by atoms with Crippen molar-refractivity contribution >= 4 is 21.7 Å². The average molecular weight is 452 g/mol. The number of aromatic carboxylic acids is 1. The van der Waals surface area contributed by atoms with E-state index in [0.717, 1.165) is 17.9 Å². The maximum Gasteiger partial charge on any atom is 0.335 e. The summed E-state index contributed by atoms with van der Waals surface area (Å²) in [6, 6.07) is 9.47. The highest BCUT2D eigenvalue weighted by atomic mass is 32.2. The predicted octanol–water partition coefficient (Wildman–Crippen LogP) is 3.35. The number of carbonyl (C=O) groups excluding carboxylic acids is 1. The zero-order valence-electron chi connectivity index (χ0n) is 17.8. The normalized spacial score (nSPS) is 13.6. The third-order valence-corrected chi connectivity index (χ3v) is 5.82. The Morgan fingerprint density at radius 2 is 1.71 bits per heavy atom. The van der Waals surface area contributed by atoms with Gasteiger partial charge >= 0.3 is 5.97 Å². The molecule has 2 atom stereocenters. The molecule has 0 aliphatic heterocycles. The lowest BCUT2D eigenvalue weighted by molar-refractivity contribution is -0.137. The van der Waals surface area contributed by atoms with Gasteiger partial charge in [-0.1, -0.05) is 32.0 Å². The summed E-state index contributed by atoms with van der Waals surface area (Å²) >= 11 is 0. The van der Waals surface area contributed by atoms with Crippen molar-refractivity contribution in [3.63, 3.8) is 0 Å². The van der Waals surface area contributed by atoms with Crippen LogP contribution in [0.2, 0.25) is 0 Å². The summed E-state index contributed by atoms with van der Waals surface area (Å²) in [6.45, 7) is 5.32. The van der Waals surface area contributed by atoms with E-state index in [0.29, 0.717) is 5.56 Å². The largest absolute Gasteiger partial charge is 0.478 e. The zero-order valence-corrected chi connectivity index (χ0v) is 18.6. The molecule has 0 heterocycles. The number of ether oxygens (including phenoxy) is 1. The van der Waals surface area contributed by atoms with Crippen LogP contribution in [0.15, 0.2) is 47.4 Å². The SMILES string of the molecule is CC(C)[C@@H](OCc1ccc(F)c(S(C)(=O)=O)c1)C(=O)N[C@@H](C)c1ccc(C(=O)O)cc1. The van der Waals surface area contributed by atoms with Crippen LogP contribution in [0.1, 0.15) is 48.3 Å². The van der Waals surface area contributed by atoms with Gasteiger partial charge in [0.2, 0.25) is 5.91 Å². The molecule has 0 aliphatic rings. The molecule has 0 aliphatic carbocycles. The molecule has 1 amide bonds. The monoisotopic (exact) mass is 451 g/mol. The highest BCUT2D eigenvalue weighted by molar-refractivity contribution is 7.90. The van der Waals surface area contributed by atoms with Crippen LogP contribution in [0.5, 0.6) is 0 Å². The van der Waals surface area contributed by atoms with E-state index in [1.165, 1.54) is 24.3 Å². The van der Waals surface area contributed by atoms with Gasteiger partial charge in [-0.05, 0) is 48.2 Å². The number of amides is 1. The fourth-order valence-corrected chi connectivity index (χ4v) is 3.76. The third kappa shape index (κ3) is 6.60. The molecule has 31 heavy (non-hydrogen) atoms. The van der Waals surface area contributed by atoms with Crippen molar-refractivity contribution in [2.45, 2.75) is 44.4 Å². The molecule has 0 saturated heterocycles. The first-order valence-corrected chi connectivity index (χ1v) is 11.5. The number of rotatable bonds is 9. The predicted molar refractivity (Wildman–Crippen MR) is 113 cm³/mol. The van der Waals surface area contributed by atoms with E-state index in [1.807, 2.05) is 13.8 Å². The summed E-state index contributed by atoms with van der Waals surface area (Å²) < 4.78 is 42.9. The van der Waals surface area contributed by atoms with E-state index >= 15 is 0 Å². The molecule has 0 bridgehead atoms. The second kappa shape index (κ2) is 10.0. The minimum atomic E-state index is -3.73. The van der Waals surface area contributed by atoms with Crippen LogP contribution in [-0.4, -0.2) is 37.8 Å². The summed E-state index contributed by atoms with van der Waals surface area (Å²) in [7, 11) is -3.73. The lowest BCUT2D eigenvalue weighted by atomic mass is 10.0. The van der Waals surface area contributed by atoms with Crippen molar-refractivity contribution in [3.05, 3.63) is 65.0 Å². The van der Waals surface area contributed by atoms with Gasteiger partial charge in [-0.25, -0.2) is 17.6 Å². The maximum absolute atomic E-state index is 13.8. The number of benzene rings is 2. The molecule has 168 valence electrons. The molecule has 7 nitrogen and oxygen atoms in total. The molecule has 0 fully saturated rings. The number of halogens is 1. The second-order valence-corrected chi connectivity index (χ2v) is 9.65. The zero-order chi connectivity index (χ0) is 23.3. The van der Waals surface area contributed by atoms with Crippen molar-refractivity contribution < 1.29 is 32.2 Å². The van der Waals surface area contributed by atoms with Crippen LogP contribution in [0.25, 0.3) is 0 Å². The van der Waals surface area contributed by atoms with Gasteiger partial charge in [0.25, 0.3) is 0 Å². The summed E-state index contributed by atoms with van der Waals surface area (Å²) in [5, 5.41) is 11.8. The van der Waals surface area contributed by atoms with Crippen LogP contribution in [0, 0.1) is 11.7 Å². The fourth-order valence-electron chi connectivity index (χ4n) is 2.97. The van der Waals surface area contributed by atoms with Crippen molar-refractivity contribution in [2.24, 2.45) is 5.92 Å². The van der Waals surface area contributed by atoms with Crippen molar-refractivity contribution in [1.29, 1.82) is 0 Å². The number of sulfone groups is 1. The lowest BCUT2D eigenvalue weighted by Gasteiger charge is -2.24. The maximum atomic E-state index is 13.8. The van der Waals surface area contributed by atoms with Gasteiger partial charge in [0.1, 0.15) is 16.8 Å². The minimum absolute atomic E-state index is 0.0687. The molecule has 2 N–H and O–H groups in total. The molecule has 0 saturated carbocycles. The highest BCUT2D eigenvalue weighted by Crippen LogP contribution is 2.19. The first-order valence-electron chi connectivity index (χ1n) is 9.64. The van der Waals surface area contributed by atoms with E-state index in [1.54, 1.807) is 19.1 Å². The smallest absolute Gasteiger partial charge is 0.335 e. The molecule has 9 heteroatoms. The van der Waals surface area contributed by atoms with Crippen molar-refractivity contribution in [2.75, 3.05) is 6.26 Å².